The first-order valence-electron chi connectivity index (χ1n) is 8.86. The fraction of sp³-hybridized carbons (Fsp3) is 0.174. The minimum absolute atomic E-state index is 0.239. The van der Waals surface area contributed by atoms with Crippen LogP contribution in [0.3, 0.4) is 0 Å². The van der Waals surface area contributed by atoms with Crippen molar-refractivity contribution in [2.24, 2.45) is 0 Å². The van der Waals surface area contributed by atoms with Gasteiger partial charge in [-0.2, -0.15) is 0 Å². The van der Waals surface area contributed by atoms with Crippen LogP contribution in [0.25, 0.3) is 0 Å². The monoisotopic (exact) mass is 359 g/mol. The standard InChI is InChI=1S/C23H21NOS/c25-22(26-21-14-8-3-9-15-21)23(16-19-10-4-1-5-11-19)18-24(23)17-20-12-6-2-7-13-20/h1-15H,16-18H2. The van der Waals surface area contributed by atoms with Crippen molar-refractivity contribution >= 4 is 16.9 Å². The van der Waals surface area contributed by atoms with E-state index in [0.717, 1.165) is 24.4 Å². The number of hydrogen-bond acceptors (Lipinski definition) is 3. The highest BCUT2D eigenvalue weighted by Gasteiger charge is 2.57. The van der Waals surface area contributed by atoms with Crippen LogP contribution in [0, 0.1) is 0 Å². The SMILES string of the molecule is O=C(Sc1ccccc1)C1(Cc2ccccc2)CN1Cc1ccccc1. The van der Waals surface area contributed by atoms with E-state index >= 15 is 0 Å². The van der Waals surface area contributed by atoms with Crippen LogP contribution in [0.2, 0.25) is 0 Å². The van der Waals surface area contributed by atoms with Gasteiger partial charge in [-0.15, -0.1) is 0 Å². The van der Waals surface area contributed by atoms with E-state index in [4.69, 9.17) is 0 Å². The summed E-state index contributed by atoms with van der Waals surface area (Å²) in [5.74, 6) is 0. The predicted molar refractivity (Wildman–Crippen MR) is 107 cm³/mol. The highest BCUT2D eigenvalue weighted by atomic mass is 32.2. The molecular formula is C23H21NOS. The van der Waals surface area contributed by atoms with Gasteiger partial charge in [-0.3, -0.25) is 9.69 Å². The zero-order chi connectivity index (χ0) is 17.8. The van der Waals surface area contributed by atoms with E-state index in [9.17, 15) is 4.79 Å². The van der Waals surface area contributed by atoms with E-state index < -0.39 is 5.54 Å². The molecule has 2 unspecified atom stereocenters. The summed E-state index contributed by atoms with van der Waals surface area (Å²) in [6.07, 6.45) is 0.763. The summed E-state index contributed by atoms with van der Waals surface area (Å²) in [5.41, 5.74) is 2.06. The van der Waals surface area contributed by atoms with Gasteiger partial charge in [0.2, 0.25) is 5.12 Å². The van der Waals surface area contributed by atoms with E-state index in [0.29, 0.717) is 0 Å². The highest BCUT2D eigenvalue weighted by Crippen LogP contribution is 2.42. The molecule has 0 aliphatic carbocycles. The molecule has 3 aromatic carbocycles. The van der Waals surface area contributed by atoms with Crippen LogP contribution < -0.4 is 0 Å². The second-order valence-corrected chi connectivity index (χ2v) is 7.78. The fourth-order valence-corrected chi connectivity index (χ4v) is 4.31. The molecule has 0 spiro atoms. The third kappa shape index (κ3) is 3.74. The van der Waals surface area contributed by atoms with Crippen LogP contribution >= 0.6 is 11.8 Å². The Bertz CT molecular complexity index is 866. The molecule has 0 N–H and O–H groups in total. The minimum atomic E-state index is -0.405. The first kappa shape index (κ1) is 17.1. The lowest BCUT2D eigenvalue weighted by Gasteiger charge is -2.17. The number of benzene rings is 3. The molecule has 0 amide bonds. The molecule has 2 atom stereocenters. The molecule has 4 rings (SSSR count). The summed E-state index contributed by atoms with van der Waals surface area (Å²) < 4.78 is 0. The van der Waals surface area contributed by atoms with Gasteiger partial charge in [0.1, 0.15) is 5.54 Å². The van der Waals surface area contributed by atoms with Crippen molar-refractivity contribution in [3.05, 3.63) is 102 Å². The van der Waals surface area contributed by atoms with Gasteiger partial charge in [-0.25, -0.2) is 0 Å². The maximum Gasteiger partial charge on any atom is 0.215 e. The molecule has 0 radical (unpaired) electrons. The number of carbonyl (C=O) groups excluding carboxylic acids is 1. The number of carbonyl (C=O) groups is 1. The third-order valence-corrected chi connectivity index (χ3v) is 5.92. The smallest absolute Gasteiger partial charge is 0.215 e. The third-order valence-electron chi connectivity index (χ3n) is 4.84. The van der Waals surface area contributed by atoms with Crippen molar-refractivity contribution < 1.29 is 4.79 Å². The maximum atomic E-state index is 13.2. The van der Waals surface area contributed by atoms with E-state index in [2.05, 4.69) is 41.3 Å². The first-order chi connectivity index (χ1) is 12.8. The lowest BCUT2D eigenvalue weighted by atomic mass is 10.0. The second kappa shape index (κ2) is 7.48. The van der Waals surface area contributed by atoms with Gasteiger partial charge in [0.05, 0.1) is 0 Å². The lowest BCUT2D eigenvalue weighted by molar-refractivity contribution is -0.114. The van der Waals surface area contributed by atoms with Crippen molar-refractivity contribution in [3.63, 3.8) is 0 Å². The van der Waals surface area contributed by atoms with Crippen LogP contribution in [0.4, 0.5) is 0 Å². The van der Waals surface area contributed by atoms with Crippen molar-refractivity contribution in [1.82, 2.24) is 4.90 Å². The molecule has 3 aromatic rings. The van der Waals surface area contributed by atoms with Crippen molar-refractivity contribution in [2.75, 3.05) is 6.54 Å². The zero-order valence-corrected chi connectivity index (χ0v) is 15.4. The summed E-state index contributed by atoms with van der Waals surface area (Å²) >= 11 is 1.37. The average Bonchev–Trinajstić information content (AvgIpc) is 3.37. The Hall–Kier alpha value is -2.36. The largest absolute Gasteiger partial charge is 0.285 e. The Morgan fingerprint density at radius 1 is 0.808 bits per heavy atom. The minimum Gasteiger partial charge on any atom is -0.285 e. The van der Waals surface area contributed by atoms with Crippen LogP contribution in [0.5, 0.6) is 0 Å². The molecule has 3 heteroatoms. The molecular weight excluding hydrogens is 338 g/mol. The topological polar surface area (TPSA) is 20.1 Å². The predicted octanol–water partition coefficient (Wildman–Crippen LogP) is 4.80. The molecule has 0 aromatic heterocycles. The van der Waals surface area contributed by atoms with Gasteiger partial charge in [-0.1, -0.05) is 78.9 Å². The van der Waals surface area contributed by atoms with E-state index in [1.165, 1.54) is 22.9 Å². The maximum absolute atomic E-state index is 13.2. The molecule has 26 heavy (non-hydrogen) atoms. The van der Waals surface area contributed by atoms with Crippen LogP contribution in [0.15, 0.2) is 95.9 Å². The van der Waals surface area contributed by atoms with Crippen molar-refractivity contribution in [3.8, 4) is 0 Å². The number of hydrogen-bond donors (Lipinski definition) is 0. The Kier molecular flexibility index (Phi) is 4.91. The molecule has 1 heterocycles. The Balaban J connectivity index is 1.55. The number of rotatable bonds is 6. The van der Waals surface area contributed by atoms with Gasteiger partial charge in [0.15, 0.2) is 0 Å². The Morgan fingerprint density at radius 2 is 1.35 bits per heavy atom. The van der Waals surface area contributed by atoms with Crippen molar-refractivity contribution in [1.29, 1.82) is 0 Å². The second-order valence-electron chi connectivity index (χ2n) is 6.74. The quantitative estimate of drug-likeness (QED) is 0.466. The lowest BCUT2D eigenvalue weighted by Crippen LogP contribution is -2.30. The van der Waals surface area contributed by atoms with Gasteiger partial charge >= 0.3 is 0 Å². The van der Waals surface area contributed by atoms with Gasteiger partial charge in [-0.05, 0) is 35.0 Å². The van der Waals surface area contributed by atoms with E-state index in [1.54, 1.807) is 0 Å². The average molecular weight is 359 g/mol. The molecule has 0 bridgehead atoms. The summed E-state index contributed by atoms with van der Waals surface area (Å²) in [5, 5.41) is 0.239. The molecule has 0 saturated carbocycles. The first-order valence-corrected chi connectivity index (χ1v) is 9.68. The Labute approximate surface area is 158 Å². The normalized spacial score (nSPS) is 21.3. The summed E-state index contributed by atoms with van der Waals surface area (Å²) in [4.78, 5) is 16.5. The molecule has 130 valence electrons. The van der Waals surface area contributed by atoms with Gasteiger partial charge in [0.25, 0.3) is 0 Å². The van der Waals surface area contributed by atoms with E-state index in [1.807, 2.05) is 54.6 Å². The van der Waals surface area contributed by atoms with Crippen LogP contribution in [0.1, 0.15) is 11.1 Å². The number of nitrogens with zero attached hydrogens (tertiary/aromatic N) is 1. The molecule has 2 nitrogen and oxygen atoms in total. The summed E-state index contributed by atoms with van der Waals surface area (Å²) in [6.45, 7) is 1.63. The van der Waals surface area contributed by atoms with Crippen molar-refractivity contribution in [2.45, 2.75) is 23.4 Å². The highest BCUT2D eigenvalue weighted by molar-refractivity contribution is 8.13. The summed E-state index contributed by atoms with van der Waals surface area (Å²) in [6, 6.07) is 30.7. The Morgan fingerprint density at radius 3 is 1.96 bits per heavy atom. The molecule has 1 aliphatic heterocycles. The van der Waals surface area contributed by atoms with Crippen LogP contribution in [-0.2, 0) is 17.8 Å². The summed E-state index contributed by atoms with van der Waals surface area (Å²) in [7, 11) is 0. The van der Waals surface area contributed by atoms with Crippen LogP contribution in [-0.4, -0.2) is 22.1 Å². The number of thioether (sulfide) groups is 1. The molecule has 1 aliphatic rings. The van der Waals surface area contributed by atoms with Gasteiger partial charge in [0, 0.05) is 24.4 Å². The fourth-order valence-electron chi connectivity index (χ4n) is 3.35. The molecule has 1 saturated heterocycles. The van der Waals surface area contributed by atoms with E-state index in [-0.39, 0.29) is 5.12 Å². The molecule has 1 fully saturated rings. The zero-order valence-electron chi connectivity index (χ0n) is 14.5. The van der Waals surface area contributed by atoms with Gasteiger partial charge < -0.3 is 0 Å².